The number of rotatable bonds is 9. The standard InChI is InChI=1S/C15H29IN2O2/c1-11(2)13(20)15(5,6)8-14(3,4)7-12(19)18-10-17-9-16/h11,17H,7-10H2,1-6H3,(H,18,19). The van der Waals surface area contributed by atoms with Gasteiger partial charge in [0.15, 0.2) is 0 Å². The molecule has 0 rings (SSSR count). The molecule has 0 aliphatic carbocycles. The molecule has 1 amide bonds. The second-order valence-electron chi connectivity index (χ2n) is 7.08. The Morgan fingerprint density at radius 3 is 2.15 bits per heavy atom. The van der Waals surface area contributed by atoms with E-state index in [1.54, 1.807) is 0 Å². The molecule has 4 nitrogen and oxygen atoms in total. The number of hydrogen-bond acceptors (Lipinski definition) is 3. The zero-order chi connectivity index (χ0) is 16.0. The van der Waals surface area contributed by atoms with Gasteiger partial charge in [0.1, 0.15) is 5.78 Å². The van der Waals surface area contributed by atoms with E-state index in [2.05, 4.69) is 33.2 Å². The average molecular weight is 396 g/mol. The van der Waals surface area contributed by atoms with Crippen molar-refractivity contribution in [3.8, 4) is 0 Å². The fourth-order valence-electron chi connectivity index (χ4n) is 2.83. The number of alkyl halides is 1. The van der Waals surface area contributed by atoms with Crippen LogP contribution in [-0.2, 0) is 9.59 Å². The molecular formula is C15H29IN2O2. The third kappa shape index (κ3) is 7.57. The van der Waals surface area contributed by atoms with Gasteiger partial charge < -0.3 is 5.32 Å². The zero-order valence-electron chi connectivity index (χ0n) is 13.6. The van der Waals surface area contributed by atoms with Crippen molar-refractivity contribution in [3.05, 3.63) is 0 Å². The van der Waals surface area contributed by atoms with Gasteiger partial charge in [-0.1, -0.05) is 64.1 Å². The fourth-order valence-corrected chi connectivity index (χ4v) is 3.10. The highest BCUT2D eigenvalue weighted by Gasteiger charge is 2.36. The smallest absolute Gasteiger partial charge is 0.221 e. The van der Waals surface area contributed by atoms with Gasteiger partial charge in [-0.3, -0.25) is 14.9 Å². The summed E-state index contributed by atoms with van der Waals surface area (Å²) in [6.07, 6.45) is 1.15. The van der Waals surface area contributed by atoms with Gasteiger partial charge in [-0.15, -0.1) is 0 Å². The van der Waals surface area contributed by atoms with Gasteiger partial charge >= 0.3 is 0 Å². The highest BCUT2D eigenvalue weighted by atomic mass is 127. The number of carbonyl (C=O) groups excluding carboxylic acids is 2. The molecule has 0 saturated heterocycles. The van der Waals surface area contributed by atoms with Crippen molar-refractivity contribution in [2.24, 2.45) is 16.7 Å². The van der Waals surface area contributed by atoms with E-state index in [9.17, 15) is 9.59 Å². The van der Waals surface area contributed by atoms with Crippen LogP contribution in [0.25, 0.3) is 0 Å². The van der Waals surface area contributed by atoms with Crippen LogP contribution in [0.2, 0.25) is 0 Å². The quantitative estimate of drug-likeness (QED) is 0.207. The first kappa shape index (κ1) is 19.8. The summed E-state index contributed by atoms with van der Waals surface area (Å²) in [5.41, 5.74) is -0.582. The van der Waals surface area contributed by atoms with Crippen LogP contribution < -0.4 is 10.6 Å². The molecule has 0 aromatic heterocycles. The Morgan fingerprint density at radius 1 is 1.15 bits per heavy atom. The fraction of sp³-hybridized carbons (Fsp3) is 0.867. The first-order valence-electron chi connectivity index (χ1n) is 7.09. The highest BCUT2D eigenvalue weighted by Crippen LogP contribution is 2.38. The molecule has 0 fully saturated rings. The molecule has 5 heteroatoms. The molecular weight excluding hydrogens is 367 g/mol. The van der Waals surface area contributed by atoms with E-state index in [0.29, 0.717) is 19.5 Å². The number of halogens is 1. The number of amides is 1. The van der Waals surface area contributed by atoms with Crippen LogP contribution in [0.5, 0.6) is 0 Å². The summed E-state index contributed by atoms with van der Waals surface area (Å²) in [6.45, 7) is 12.4. The van der Waals surface area contributed by atoms with Crippen molar-refractivity contribution in [2.75, 3.05) is 11.2 Å². The summed E-state index contributed by atoms with van der Waals surface area (Å²) in [5, 5.41) is 5.88. The van der Waals surface area contributed by atoms with Crippen molar-refractivity contribution in [1.82, 2.24) is 10.6 Å². The summed E-state index contributed by atoms with van der Waals surface area (Å²) >= 11 is 2.19. The lowest BCUT2D eigenvalue weighted by atomic mass is 9.69. The first-order valence-corrected chi connectivity index (χ1v) is 8.62. The van der Waals surface area contributed by atoms with Crippen LogP contribution in [0.1, 0.15) is 54.4 Å². The van der Waals surface area contributed by atoms with Gasteiger partial charge in [0.05, 0.1) is 6.67 Å². The monoisotopic (exact) mass is 396 g/mol. The van der Waals surface area contributed by atoms with Gasteiger partial charge in [0.2, 0.25) is 5.91 Å². The maximum atomic E-state index is 12.2. The van der Waals surface area contributed by atoms with Gasteiger partial charge in [-0.05, 0) is 11.8 Å². The molecule has 0 aromatic rings. The lowest BCUT2D eigenvalue weighted by Gasteiger charge is -2.34. The molecule has 0 aliphatic heterocycles. The molecule has 0 saturated carbocycles. The van der Waals surface area contributed by atoms with E-state index in [1.807, 2.05) is 41.5 Å². The SMILES string of the molecule is CC(C)C(=O)C(C)(C)CC(C)(C)CC(=O)NCNCI. The van der Waals surface area contributed by atoms with E-state index < -0.39 is 5.41 Å². The minimum atomic E-state index is -0.390. The minimum Gasteiger partial charge on any atom is -0.344 e. The van der Waals surface area contributed by atoms with Crippen LogP contribution in [0.15, 0.2) is 0 Å². The molecule has 0 aromatic carbocycles. The maximum absolute atomic E-state index is 12.2. The molecule has 0 unspecified atom stereocenters. The van der Waals surface area contributed by atoms with Crippen molar-refractivity contribution in [3.63, 3.8) is 0 Å². The highest BCUT2D eigenvalue weighted by molar-refractivity contribution is 14.1. The Hall–Kier alpha value is -0.170. The molecule has 118 valence electrons. The zero-order valence-corrected chi connectivity index (χ0v) is 15.8. The van der Waals surface area contributed by atoms with E-state index in [0.717, 1.165) is 4.55 Å². The summed E-state index contributed by atoms with van der Waals surface area (Å²) in [5.74, 6) is 0.320. The predicted octanol–water partition coefficient (Wildman–Crippen LogP) is 3.10. The second kappa shape index (κ2) is 8.32. The molecule has 0 heterocycles. The number of Topliss-reactive ketones (excluding diaryl/α,β-unsaturated/α-hetero) is 1. The van der Waals surface area contributed by atoms with Crippen LogP contribution in [0.4, 0.5) is 0 Å². The summed E-state index contributed by atoms with van der Waals surface area (Å²) in [6, 6.07) is 0. The molecule has 0 spiro atoms. The molecule has 0 atom stereocenters. The Balaban J connectivity index is 4.50. The van der Waals surface area contributed by atoms with Crippen LogP contribution >= 0.6 is 22.6 Å². The number of hydrogen-bond donors (Lipinski definition) is 2. The average Bonchev–Trinajstić information content (AvgIpc) is 2.25. The molecule has 20 heavy (non-hydrogen) atoms. The molecule has 0 aliphatic rings. The molecule has 2 N–H and O–H groups in total. The lowest BCUT2D eigenvalue weighted by molar-refractivity contribution is -0.133. The van der Waals surface area contributed by atoms with Gasteiger partial charge in [0.25, 0.3) is 0 Å². The number of nitrogens with one attached hydrogen (secondary N) is 2. The Morgan fingerprint density at radius 2 is 1.70 bits per heavy atom. The Bertz CT molecular complexity index is 339. The molecule has 0 bridgehead atoms. The molecule has 0 radical (unpaired) electrons. The third-order valence-corrected chi connectivity index (χ3v) is 3.80. The van der Waals surface area contributed by atoms with E-state index in [1.165, 1.54) is 0 Å². The number of ketones is 1. The minimum absolute atomic E-state index is 0.0279. The van der Waals surface area contributed by atoms with E-state index in [4.69, 9.17) is 0 Å². The van der Waals surface area contributed by atoms with E-state index in [-0.39, 0.29) is 23.0 Å². The van der Waals surface area contributed by atoms with Crippen LogP contribution in [0.3, 0.4) is 0 Å². The first-order chi connectivity index (χ1) is 9.02. The normalized spacial score (nSPS) is 12.6. The summed E-state index contributed by atoms with van der Waals surface area (Å²) in [4.78, 5) is 24.1. The summed E-state index contributed by atoms with van der Waals surface area (Å²) < 4.78 is 0.803. The summed E-state index contributed by atoms with van der Waals surface area (Å²) in [7, 11) is 0. The third-order valence-electron chi connectivity index (χ3n) is 3.26. The van der Waals surface area contributed by atoms with Crippen LogP contribution in [-0.4, -0.2) is 22.9 Å². The number of carbonyl (C=O) groups is 2. The van der Waals surface area contributed by atoms with Gasteiger partial charge in [-0.2, -0.15) is 0 Å². The Kier molecular flexibility index (Phi) is 8.25. The van der Waals surface area contributed by atoms with Crippen molar-refractivity contribution in [2.45, 2.75) is 54.4 Å². The van der Waals surface area contributed by atoms with Gasteiger partial charge in [-0.25, -0.2) is 0 Å². The second-order valence-corrected chi connectivity index (χ2v) is 7.84. The van der Waals surface area contributed by atoms with Crippen molar-refractivity contribution >= 4 is 34.3 Å². The van der Waals surface area contributed by atoms with E-state index >= 15 is 0 Å². The largest absolute Gasteiger partial charge is 0.344 e. The lowest BCUT2D eigenvalue weighted by Crippen LogP contribution is -2.38. The maximum Gasteiger partial charge on any atom is 0.221 e. The van der Waals surface area contributed by atoms with Crippen molar-refractivity contribution < 1.29 is 9.59 Å². The predicted molar refractivity (Wildman–Crippen MR) is 91.7 cm³/mol. The van der Waals surface area contributed by atoms with Gasteiger partial charge in [0, 0.05) is 22.3 Å². The van der Waals surface area contributed by atoms with Crippen LogP contribution in [0, 0.1) is 16.7 Å². The Labute approximate surface area is 137 Å². The van der Waals surface area contributed by atoms with Crippen molar-refractivity contribution in [1.29, 1.82) is 0 Å². The topological polar surface area (TPSA) is 58.2 Å².